The molecule has 230 valence electrons. The van der Waals surface area contributed by atoms with Gasteiger partial charge >= 0.3 is 265 Å². The van der Waals surface area contributed by atoms with Gasteiger partial charge in [-0.3, -0.25) is 0 Å². The van der Waals surface area contributed by atoms with Crippen LogP contribution >= 0.6 is 48.0 Å². The fourth-order valence-corrected chi connectivity index (χ4v) is 32.0. The average molecular weight is 831 g/mol. The predicted octanol–water partition coefficient (Wildman–Crippen LogP) is 10.2. The molecule has 4 aromatic rings. The molecule has 0 saturated heterocycles. The van der Waals surface area contributed by atoms with Crippen LogP contribution in [0, 0.1) is 0 Å². The summed E-state index contributed by atoms with van der Waals surface area (Å²) >= 11 is 8.03. The van der Waals surface area contributed by atoms with E-state index in [-0.39, 0.29) is 35.6 Å². The van der Waals surface area contributed by atoms with Crippen molar-refractivity contribution in [2.24, 2.45) is 0 Å². The summed E-state index contributed by atoms with van der Waals surface area (Å²) in [7, 11) is 0. The molecule has 0 fully saturated rings. The molecular weight excluding hydrogens is 789 g/mol. The van der Waals surface area contributed by atoms with Gasteiger partial charge in [-0.05, 0) is 0 Å². The van der Waals surface area contributed by atoms with Crippen LogP contribution in [0.25, 0.3) is 11.1 Å². The fourth-order valence-electron chi connectivity index (χ4n) is 7.48. The molecule has 0 N–H and O–H groups in total. The summed E-state index contributed by atoms with van der Waals surface area (Å²) in [5.41, 5.74) is 8.36. The van der Waals surface area contributed by atoms with Crippen LogP contribution in [0.2, 0.25) is 10.0 Å². The van der Waals surface area contributed by atoms with E-state index in [1.165, 1.54) is 46.7 Å². The topological polar surface area (TPSA) is 0 Å². The molecule has 0 aromatic heterocycles. The van der Waals surface area contributed by atoms with Gasteiger partial charge in [0.25, 0.3) is 0 Å². The standard InChI is InChI=1S/C21H25.2C6H4Cl.C5H5.CH2.2ClH.Hf/c1-20(2,3)16-7-9-18-14(12-16)11-15-13-17(21(4,5)6)8-10-19(15)18;2*7-6-4-2-1-3-5-6;1-2-4-5-3-1;;;;/h7-10,12H,11H2,1-6H3;2*2-5H;1-3H,4H2;1H2;2*1H;. The predicted molar refractivity (Wildman–Crippen MR) is 197 cm³/mol. The van der Waals surface area contributed by atoms with Crippen LogP contribution in [0.4, 0.5) is 0 Å². The first-order valence-corrected chi connectivity index (χ1v) is 25.4. The normalized spacial score (nSPS) is 14.3. The molecule has 0 saturated carbocycles. The molecule has 0 spiro atoms. The number of benzene rings is 4. The van der Waals surface area contributed by atoms with E-state index < -0.39 is 18.0 Å². The van der Waals surface area contributed by atoms with Gasteiger partial charge in [0.15, 0.2) is 0 Å². The first-order chi connectivity index (χ1) is 19.7. The first kappa shape index (κ1) is 35.1. The van der Waals surface area contributed by atoms with Crippen molar-refractivity contribution in [2.75, 3.05) is 0 Å². The number of hydrogen-bond acceptors (Lipinski definition) is 0. The summed E-state index contributed by atoms with van der Waals surface area (Å²) in [5, 5.41) is 1.49. The van der Waals surface area contributed by atoms with Crippen molar-refractivity contribution < 1.29 is 18.0 Å². The molecule has 5 heteroatoms. The fraction of sp³-hybridized carbons (Fsp3) is 0.256. The van der Waals surface area contributed by atoms with E-state index in [0.29, 0.717) is 0 Å². The third-order valence-electron chi connectivity index (χ3n) is 9.74. The molecule has 0 nitrogen and oxygen atoms in total. The van der Waals surface area contributed by atoms with Gasteiger partial charge in [-0.15, -0.1) is 24.8 Å². The SMILES string of the molecule is Cl.Cl.[CH2]=[Hf]([C]1=CC=CC1)([c]1ccc(Cl)cc1)([c]1ccc(Cl)cc1)[c]1c(C(C)(C)C)ccc2c1Cc1cc(C(C)(C)C)ccc1-2. The zero-order valence-electron chi connectivity index (χ0n) is 26.4. The van der Waals surface area contributed by atoms with Crippen LogP contribution in [-0.2, 0) is 35.3 Å². The van der Waals surface area contributed by atoms with E-state index in [1.54, 1.807) is 0 Å². The summed E-state index contributed by atoms with van der Waals surface area (Å²) in [4.78, 5) is 0. The number of hydrogen-bond donors (Lipinski definition) is 0. The van der Waals surface area contributed by atoms with Crippen molar-refractivity contribution >= 4 is 62.2 Å². The van der Waals surface area contributed by atoms with Crippen molar-refractivity contribution in [1.29, 1.82) is 0 Å². The summed E-state index contributed by atoms with van der Waals surface area (Å²) in [5.74, 6) is 0. The number of rotatable bonds is 4. The second kappa shape index (κ2) is 12.1. The molecular formula is C39H42Cl4Hf. The third-order valence-corrected chi connectivity index (χ3v) is 34.2. The van der Waals surface area contributed by atoms with Crippen LogP contribution < -0.4 is 9.96 Å². The van der Waals surface area contributed by atoms with Gasteiger partial charge in [-0.25, -0.2) is 0 Å². The Labute approximate surface area is 287 Å². The Balaban J connectivity index is 0.00000221. The first-order valence-electron chi connectivity index (χ1n) is 14.9. The number of allylic oxidation sites excluding steroid dienone is 4. The monoisotopic (exact) mass is 830 g/mol. The van der Waals surface area contributed by atoms with Crippen molar-refractivity contribution in [3.63, 3.8) is 0 Å². The molecule has 6 rings (SSSR count). The van der Waals surface area contributed by atoms with Gasteiger partial charge in [0.05, 0.1) is 0 Å². The van der Waals surface area contributed by atoms with Crippen LogP contribution in [0.15, 0.2) is 100 Å². The average Bonchev–Trinajstić information content (AvgIpc) is 3.60. The third kappa shape index (κ3) is 5.39. The zero-order valence-corrected chi connectivity index (χ0v) is 33.2. The van der Waals surface area contributed by atoms with Crippen LogP contribution in [0.1, 0.15) is 70.2 Å². The maximum absolute atomic E-state index is 6.55. The minimum atomic E-state index is -5.07. The Bertz CT molecular complexity index is 1800. The maximum atomic E-state index is 6.55. The molecule has 0 bridgehead atoms. The Hall–Kier alpha value is -1.74. The Morgan fingerprint density at radius 3 is 1.70 bits per heavy atom. The minimum absolute atomic E-state index is 0. The van der Waals surface area contributed by atoms with Crippen molar-refractivity contribution in [1.82, 2.24) is 0 Å². The van der Waals surface area contributed by atoms with E-state index in [2.05, 4.69) is 139 Å². The van der Waals surface area contributed by atoms with Crippen LogP contribution in [-0.4, -0.2) is 4.26 Å². The van der Waals surface area contributed by atoms with E-state index in [0.717, 1.165) is 22.9 Å². The quantitative estimate of drug-likeness (QED) is 0.158. The molecule has 4 aromatic carbocycles. The van der Waals surface area contributed by atoms with Gasteiger partial charge in [-0.1, -0.05) is 0 Å². The van der Waals surface area contributed by atoms with Crippen LogP contribution in [0.5, 0.6) is 0 Å². The molecule has 0 unspecified atom stereocenters. The second-order valence-electron chi connectivity index (χ2n) is 14.4. The molecule has 44 heavy (non-hydrogen) atoms. The van der Waals surface area contributed by atoms with Gasteiger partial charge in [0, 0.05) is 0 Å². The van der Waals surface area contributed by atoms with Gasteiger partial charge < -0.3 is 0 Å². The molecule has 0 radical (unpaired) electrons. The summed E-state index contributed by atoms with van der Waals surface area (Å²) in [6.07, 6.45) is 8.71. The molecule has 0 heterocycles. The molecule has 0 aliphatic heterocycles. The van der Waals surface area contributed by atoms with Crippen molar-refractivity contribution in [2.45, 2.75) is 65.2 Å². The summed E-state index contributed by atoms with van der Waals surface area (Å²) < 4.78 is 11.2. The molecule has 2 aliphatic carbocycles. The van der Waals surface area contributed by atoms with Crippen LogP contribution in [0.3, 0.4) is 0 Å². The Morgan fingerprint density at radius 1 is 0.682 bits per heavy atom. The van der Waals surface area contributed by atoms with Gasteiger partial charge in [0.2, 0.25) is 0 Å². The molecule has 0 atom stereocenters. The van der Waals surface area contributed by atoms with E-state index >= 15 is 0 Å². The Kier molecular flexibility index (Phi) is 9.68. The van der Waals surface area contributed by atoms with Gasteiger partial charge in [0.1, 0.15) is 0 Å². The molecule has 2 aliphatic rings. The van der Waals surface area contributed by atoms with E-state index in [1.807, 2.05) is 0 Å². The number of halogens is 4. The summed E-state index contributed by atoms with van der Waals surface area (Å²) in [6.45, 7) is 14.0. The zero-order chi connectivity index (χ0) is 30.1. The molecule has 0 amide bonds. The van der Waals surface area contributed by atoms with Gasteiger partial charge in [-0.2, -0.15) is 0 Å². The van der Waals surface area contributed by atoms with Crippen molar-refractivity contribution in [3.8, 4) is 11.1 Å². The Morgan fingerprint density at radius 2 is 1.23 bits per heavy atom. The summed E-state index contributed by atoms with van der Waals surface area (Å²) in [6, 6.07) is 29.2. The van der Waals surface area contributed by atoms with E-state index in [4.69, 9.17) is 27.5 Å². The van der Waals surface area contributed by atoms with Crippen molar-refractivity contribution in [3.05, 3.63) is 133 Å². The number of fused-ring (bicyclic) bond motifs is 3. The second-order valence-corrected chi connectivity index (χ2v) is 34.0. The van der Waals surface area contributed by atoms with E-state index in [9.17, 15) is 0 Å².